The van der Waals surface area contributed by atoms with E-state index < -0.39 is 0 Å². The average molecular weight is 382 g/mol. The van der Waals surface area contributed by atoms with Crippen LogP contribution in [0.15, 0.2) is 66.2 Å². The van der Waals surface area contributed by atoms with Crippen LogP contribution in [0.5, 0.6) is 0 Å². The van der Waals surface area contributed by atoms with Crippen LogP contribution >= 0.6 is 0 Å². The number of hydrogen-bond acceptors (Lipinski definition) is 2. The van der Waals surface area contributed by atoms with Gasteiger partial charge in [0.1, 0.15) is 0 Å². The molecule has 1 atom stereocenters. The molecular weight excluding hydrogens is 354 g/mol. The van der Waals surface area contributed by atoms with E-state index in [1.807, 2.05) is 0 Å². The number of carbonyl (C=O) groups excluding carboxylic acids is 1. The number of hydrogen-bond donors (Lipinski definition) is 1. The zero-order valence-electron chi connectivity index (χ0n) is 17.4. The van der Waals surface area contributed by atoms with Crippen LogP contribution in [0.25, 0.3) is 16.3 Å². The number of Topliss-reactive ketones (excluding diaryl/α,β-unsaturated/α-hetero) is 1. The fourth-order valence-corrected chi connectivity index (χ4v) is 5.03. The van der Waals surface area contributed by atoms with Crippen LogP contribution in [-0.4, -0.2) is 5.78 Å². The Morgan fingerprint density at radius 2 is 1.72 bits per heavy atom. The molecule has 0 unspecified atom stereocenters. The Labute approximate surface area is 172 Å². The average Bonchev–Trinajstić information content (AvgIpc) is 2.72. The van der Waals surface area contributed by atoms with Gasteiger partial charge in [0, 0.05) is 23.2 Å². The predicted molar refractivity (Wildman–Crippen MR) is 121 cm³/mol. The molecule has 0 aromatic heterocycles. The lowest BCUT2D eigenvalue weighted by atomic mass is 9.68. The lowest BCUT2D eigenvalue weighted by Crippen LogP contribution is -2.33. The third-order valence-electron chi connectivity index (χ3n) is 6.46. The first-order valence-corrected chi connectivity index (χ1v) is 10.6. The summed E-state index contributed by atoms with van der Waals surface area (Å²) in [5.74, 6) is 0.284. The molecule has 5 rings (SSSR count). The summed E-state index contributed by atoms with van der Waals surface area (Å²) < 4.78 is 0. The van der Waals surface area contributed by atoms with E-state index in [1.165, 1.54) is 33.0 Å². The highest BCUT2D eigenvalue weighted by Crippen LogP contribution is 2.51. The zero-order valence-corrected chi connectivity index (χ0v) is 17.4. The third kappa shape index (κ3) is 2.98. The summed E-state index contributed by atoms with van der Waals surface area (Å²) >= 11 is 0. The lowest BCUT2D eigenvalue weighted by molar-refractivity contribution is -0.118. The van der Waals surface area contributed by atoms with Gasteiger partial charge in [-0.25, -0.2) is 0 Å². The monoisotopic (exact) mass is 381 g/mol. The van der Waals surface area contributed by atoms with Gasteiger partial charge in [0.25, 0.3) is 0 Å². The van der Waals surface area contributed by atoms with E-state index in [9.17, 15) is 4.79 Å². The number of nitrogens with one attached hydrogen (secondary N) is 1. The molecule has 1 heterocycles. The molecule has 0 amide bonds. The lowest BCUT2D eigenvalue weighted by Gasteiger charge is -2.40. The van der Waals surface area contributed by atoms with Crippen molar-refractivity contribution in [2.24, 2.45) is 5.41 Å². The van der Waals surface area contributed by atoms with Crippen molar-refractivity contribution in [2.75, 3.05) is 5.32 Å². The largest absolute Gasteiger partial charge is 0.373 e. The Kier molecular flexibility index (Phi) is 4.13. The number of benzene rings is 3. The first-order chi connectivity index (χ1) is 14.0. The van der Waals surface area contributed by atoms with Crippen molar-refractivity contribution >= 4 is 27.8 Å². The number of allylic oxidation sites excluding steroid dienone is 1. The normalized spacial score (nSPS) is 20.2. The second-order valence-corrected chi connectivity index (χ2v) is 9.21. The Morgan fingerprint density at radius 3 is 2.48 bits per heavy atom. The van der Waals surface area contributed by atoms with E-state index in [0.717, 1.165) is 24.1 Å². The Morgan fingerprint density at radius 1 is 0.966 bits per heavy atom. The highest BCUT2D eigenvalue weighted by molar-refractivity contribution is 6.12. The van der Waals surface area contributed by atoms with Crippen LogP contribution in [0.1, 0.15) is 56.3 Å². The van der Waals surface area contributed by atoms with Gasteiger partial charge in [0.15, 0.2) is 5.78 Å². The molecule has 0 bridgehead atoms. The minimum absolute atomic E-state index is 0.0158. The molecule has 146 valence electrons. The van der Waals surface area contributed by atoms with Crippen LogP contribution in [0.4, 0.5) is 5.69 Å². The molecule has 0 fully saturated rings. The minimum Gasteiger partial charge on any atom is -0.373 e. The first kappa shape index (κ1) is 18.2. The van der Waals surface area contributed by atoms with E-state index in [2.05, 4.69) is 86.8 Å². The molecule has 0 radical (unpaired) electrons. The third-order valence-corrected chi connectivity index (χ3v) is 6.46. The van der Waals surface area contributed by atoms with Gasteiger partial charge >= 0.3 is 0 Å². The van der Waals surface area contributed by atoms with E-state index >= 15 is 0 Å². The molecule has 29 heavy (non-hydrogen) atoms. The molecule has 1 aliphatic heterocycles. The standard InChI is InChI=1S/C27H27NO/c1-4-17-9-11-19(12-10-17)26-25-21(15-27(2,3)16-23(25)29)24-20-8-6-5-7-18(20)13-14-22(24)28-26/h5-14,26,28H,4,15-16H2,1-3H3/t26-/m0/s1. The Balaban J connectivity index is 1.76. The molecule has 1 N–H and O–H groups in total. The molecule has 2 nitrogen and oxygen atoms in total. The highest BCUT2D eigenvalue weighted by Gasteiger charge is 2.40. The van der Waals surface area contributed by atoms with Crippen molar-refractivity contribution < 1.29 is 4.79 Å². The van der Waals surface area contributed by atoms with E-state index in [0.29, 0.717) is 6.42 Å². The van der Waals surface area contributed by atoms with Crippen molar-refractivity contribution in [2.45, 2.75) is 46.1 Å². The maximum absolute atomic E-state index is 13.4. The summed E-state index contributed by atoms with van der Waals surface area (Å²) in [6.45, 7) is 6.60. The molecule has 2 aliphatic rings. The molecule has 3 aromatic rings. The number of ketones is 1. The Bertz CT molecular complexity index is 1150. The first-order valence-electron chi connectivity index (χ1n) is 10.6. The van der Waals surface area contributed by atoms with Gasteiger partial charge < -0.3 is 5.32 Å². The van der Waals surface area contributed by atoms with Crippen LogP contribution in [-0.2, 0) is 11.2 Å². The summed E-state index contributed by atoms with van der Waals surface area (Å²) in [6.07, 6.45) is 2.56. The van der Waals surface area contributed by atoms with Crippen LogP contribution in [0, 0.1) is 5.41 Å². The summed E-state index contributed by atoms with van der Waals surface area (Å²) in [5, 5.41) is 6.18. The predicted octanol–water partition coefficient (Wildman–Crippen LogP) is 6.71. The number of anilines is 1. The second-order valence-electron chi connectivity index (χ2n) is 9.21. The van der Waals surface area contributed by atoms with Crippen molar-refractivity contribution in [3.63, 3.8) is 0 Å². The molecule has 1 aliphatic carbocycles. The smallest absolute Gasteiger partial charge is 0.162 e. The van der Waals surface area contributed by atoms with E-state index in [-0.39, 0.29) is 17.2 Å². The van der Waals surface area contributed by atoms with E-state index in [4.69, 9.17) is 0 Å². The summed E-state index contributed by atoms with van der Waals surface area (Å²) in [7, 11) is 0. The summed E-state index contributed by atoms with van der Waals surface area (Å²) in [4.78, 5) is 13.4. The number of rotatable bonds is 2. The molecular formula is C27H27NO. The van der Waals surface area contributed by atoms with Crippen molar-refractivity contribution in [3.8, 4) is 0 Å². The second kappa shape index (κ2) is 6.59. The quantitative estimate of drug-likeness (QED) is 0.534. The van der Waals surface area contributed by atoms with Crippen LogP contribution in [0.2, 0.25) is 0 Å². The number of fused-ring (bicyclic) bond motifs is 4. The topological polar surface area (TPSA) is 29.1 Å². The van der Waals surface area contributed by atoms with Gasteiger partial charge in [-0.15, -0.1) is 0 Å². The molecule has 0 saturated heterocycles. The maximum Gasteiger partial charge on any atom is 0.162 e. The highest BCUT2D eigenvalue weighted by atomic mass is 16.1. The van der Waals surface area contributed by atoms with Gasteiger partial charge in [-0.1, -0.05) is 75.4 Å². The van der Waals surface area contributed by atoms with Crippen LogP contribution in [0.3, 0.4) is 0 Å². The Hall–Kier alpha value is -2.87. The van der Waals surface area contributed by atoms with Crippen molar-refractivity contribution in [1.29, 1.82) is 0 Å². The van der Waals surface area contributed by atoms with Crippen molar-refractivity contribution in [1.82, 2.24) is 0 Å². The maximum atomic E-state index is 13.4. The van der Waals surface area contributed by atoms with Crippen molar-refractivity contribution in [3.05, 3.63) is 82.9 Å². The van der Waals surface area contributed by atoms with Gasteiger partial charge in [0.2, 0.25) is 0 Å². The molecule has 2 heteroatoms. The molecule has 0 spiro atoms. The SMILES string of the molecule is CCc1ccc([C@@H]2Nc3ccc4ccccc4c3C3=C2C(=O)CC(C)(C)C3)cc1. The zero-order chi connectivity index (χ0) is 20.2. The van der Waals surface area contributed by atoms with E-state index in [1.54, 1.807) is 0 Å². The summed E-state index contributed by atoms with van der Waals surface area (Å²) in [5.41, 5.74) is 7.04. The number of carbonyl (C=O) groups is 1. The summed E-state index contributed by atoms with van der Waals surface area (Å²) in [6, 6.07) is 21.5. The minimum atomic E-state index is -0.0758. The van der Waals surface area contributed by atoms with Gasteiger partial charge in [0.05, 0.1) is 6.04 Å². The fraction of sp³-hybridized carbons (Fsp3) is 0.296. The van der Waals surface area contributed by atoms with Crippen LogP contribution < -0.4 is 5.32 Å². The van der Waals surface area contributed by atoms with Gasteiger partial charge in [-0.2, -0.15) is 0 Å². The molecule has 0 saturated carbocycles. The molecule has 3 aromatic carbocycles. The van der Waals surface area contributed by atoms with Gasteiger partial charge in [-0.05, 0) is 51.8 Å². The van der Waals surface area contributed by atoms with Gasteiger partial charge in [-0.3, -0.25) is 4.79 Å². The fourth-order valence-electron chi connectivity index (χ4n) is 5.03. The number of aryl methyl sites for hydroxylation is 1.